The number of azide groups is 1. The van der Waals surface area contributed by atoms with E-state index in [1.807, 2.05) is 212 Å². The third kappa shape index (κ3) is 15.3. The molecule has 0 bridgehead atoms. The van der Waals surface area contributed by atoms with E-state index in [0.717, 1.165) is 38.9 Å². The molecule has 2 heterocycles. The van der Waals surface area contributed by atoms with Gasteiger partial charge >= 0.3 is 0 Å². The number of ether oxygens (including phenoxy) is 10. The lowest BCUT2D eigenvalue weighted by Gasteiger charge is -2.49. The SMILES string of the molecule is [N-]=[N+]=N[C@H]1[C@H](O[C@H]2[C@H](OCc3ccccc3)O[C@H](COCc3ccccc3)[C@@H](OCc3ccccc3)[C@@H]2OCc2ccccc2)O[C@H](COCc2ccccc2)[C@H](OCc2ccccc2)[C@@H]1OCc1ccccc1. The van der Waals surface area contributed by atoms with Gasteiger partial charge in [-0.3, -0.25) is 0 Å². The van der Waals surface area contributed by atoms with Crippen LogP contribution in [0.5, 0.6) is 0 Å². The zero-order chi connectivity index (χ0) is 50.4. The molecule has 0 saturated carbocycles. The monoisotopic (exact) mass is 997 g/mol. The number of hydrogen-bond acceptors (Lipinski definition) is 11. The van der Waals surface area contributed by atoms with E-state index in [1.165, 1.54) is 0 Å². The number of nitrogens with zero attached hydrogens (tertiary/aromatic N) is 3. The lowest BCUT2D eigenvalue weighted by Crippen LogP contribution is -2.65. The standard InChI is InChI=1S/C61H63N3O10/c62-64-63-54-57(69-40-49-30-16-5-17-31-49)55(67-38-47-26-12-3-13-27-47)52(43-65-36-45-22-8-1-9-23-45)72-60(54)74-59-58(70-41-50-32-18-6-19-33-50)56(68-39-48-28-14-4-15-29-48)53(44-66-37-46-24-10-2-11-25-46)73-61(59)71-42-51-34-20-7-21-35-51/h1-35,52-61H,36-44H2/t52-,53-,54-,55+,56-,57-,58+,59-,60+,61-/m1/s1. The molecule has 0 amide bonds. The van der Waals surface area contributed by atoms with Crippen molar-refractivity contribution in [3.05, 3.63) is 262 Å². The molecule has 2 aliphatic rings. The Morgan fingerprint density at radius 3 is 1.00 bits per heavy atom. The Bertz CT molecular complexity index is 2690. The molecule has 13 nitrogen and oxygen atoms in total. The molecule has 7 aromatic rings. The Kier molecular flexibility index (Phi) is 19.9. The Morgan fingerprint density at radius 1 is 0.338 bits per heavy atom. The minimum Gasteiger partial charge on any atom is -0.374 e. The first-order valence-electron chi connectivity index (χ1n) is 25.2. The number of hydrogen-bond donors (Lipinski definition) is 0. The Morgan fingerprint density at radius 2 is 0.635 bits per heavy atom. The molecular weight excluding hydrogens is 935 g/mol. The van der Waals surface area contributed by atoms with Gasteiger partial charge in [-0.1, -0.05) is 217 Å². The van der Waals surface area contributed by atoms with E-state index in [1.54, 1.807) is 0 Å². The summed E-state index contributed by atoms with van der Waals surface area (Å²) in [5.74, 6) is 0. The Hall–Kier alpha value is -6.55. The van der Waals surface area contributed by atoms with Gasteiger partial charge in [0.15, 0.2) is 12.6 Å². The maximum atomic E-state index is 10.4. The highest BCUT2D eigenvalue weighted by atomic mass is 16.8. The van der Waals surface area contributed by atoms with E-state index in [2.05, 4.69) is 10.0 Å². The molecule has 7 aromatic carbocycles. The summed E-state index contributed by atoms with van der Waals surface area (Å²) in [6.07, 6.45) is -8.27. The summed E-state index contributed by atoms with van der Waals surface area (Å²) in [7, 11) is 0. The minimum atomic E-state index is -1.27. The predicted molar refractivity (Wildman–Crippen MR) is 279 cm³/mol. The van der Waals surface area contributed by atoms with Crippen LogP contribution in [0.1, 0.15) is 38.9 Å². The lowest BCUT2D eigenvalue weighted by molar-refractivity contribution is -0.368. The van der Waals surface area contributed by atoms with Gasteiger partial charge in [0.25, 0.3) is 0 Å². The van der Waals surface area contributed by atoms with Gasteiger partial charge in [-0.2, -0.15) is 0 Å². The quantitative estimate of drug-likeness (QED) is 0.0292. The third-order valence-electron chi connectivity index (χ3n) is 12.9. The van der Waals surface area contributed by atoms with Gasteiger partial charge in [0, 0.05) is 4.91 Å². The summed E-state index contributed by atoms with van der Waals surface area (Å²) in [6, 6.07) is 68.2. The second-order valence-electron chi connectivity index (χ2n) is 18.2. The summed E-state index contributed by atoms with van der Waals surface area (Å²) in [6.45, 7) is 1.85. The lowest BCUT2D eigenvalue weighted by atomic mass is 9.95. The van der Waals surface area contributed by atoms with Crippen LogP contribution in [-0.2, 0) is 93.6 Å². The molecule has 2 aliphatic heterocycles. The van der Waals surface area contributed by atoms with Crippen LogP contribution in [0, 0.1) is 0 Å². The first kappa shape index (κ1) is 52.3. The molecule has 2 saturated heterocycles. The Balaban J connectivity index is 1.10. The fraction of sp³-hybridized carbons (Fsp3) is 0.311. The van der Waals surface area contributed by atoms with Gasteiger partial charge in [0.2, 0.25) is 0 Å². The second-order valence-corrected chi connectivity index (χ2v) is 18.2. The highest BCUT2D eigenvalue weighted by Gasteiger charge is 2.54. The molecule has 0 radical (unpaired) electrons. The number of benzene rings is 7. The molecule has 0 unspecified atom stereocenters. The van der Waals surface area contributed by atoms with Crippen LogP contribution < -0.4 is 0 Å². The van der Waals surface area contributed by atoms with Crippen molar-refractivity contribution in [3.8, 4) is 0 Å². The van der Waals surface area contributed by atoms with Crippen molar-refractivity contribution < 1.29 is 47.4 Å². The zero-order valence-corrected chi connectivity index (χ0v) is 41.3. The first-order chi connectivity index (χ1) is 36.7. The summed E-state index contributed by atoms with van der Waals surface area (Å²) < 4.78 is 68.8. The molecule has 74 heavy (non-hydrogen) atoms. The predicted octanol–water partition coefficient (Wildman–Crippen LogP) is 11.5. The fourth-order valence-corrected chi connectivity index (χ4v) is 9.10. The maximum absolute atomic E-state index is 10.4. The van der Waals surface area contributed by atoms with Crippen molar-refractivity contribution in [2.75, 3.05) is 13.2 Å². The molecule has 0 spiro atoms. The van der Waals surface area contributed by atoms with Crippen molar-refractivity contribution in [3.63, 3.8) is 0 Å². The highest BCUT2D eigenvalue weighted by molar-refractivity contribution is 5.19. The largest absolute Gasteiger partial charge is 0.374 e. The first-order valence-corrected chi connectivity index (χ1v) is 25.2. The molecule has 10 atom stereocenters. The zero-order valence-electron chi connectivity index (χ0n) is 41.3. The highest BCUT2D eigenvalue weighted by Crippen LogP contribution is 2.37. The molecule has 0 aliphatic carbocycles. The van der Waals surface area contributed by atoms with Gasteiger partial charge in [-0.15, -0.1) is 0 Å². The molecule has 2 fully saturated rings. The molecule has 382 valence electrons. The van der Waals surface area contributed by atoms with Gasteiger partial charge in [0.05, 0.1) is 59.5 Å². The summed E-state index contributed by atoms with van der Waals surface area (Å²) >= 11 is 0. The van der Waals surface area contributed by atoms with Crippen LogP contribution in [-0.4, -0.2) is 74.6 Å². The van der Waals surface area contributed by atoms with Crippen molar-refractivity contribution in [1.82, 2.24) is 0 Å². The van der Waals surface area contributed by atoms with Gasteiger partial charge < -0.3 is 47.4 Å². The van der Waals surface area contributed by atoms with Crippen LogP contribution in [0.3, 0.4) is 0 Å². The van der Waals surface area contributed by atoms with Crippen molar-refractivity contribution in [2.24, 2.45) is 5.11 Å². The molecule has 13 heteroatoms. The Labute approximate surface area is 433 Å². The van der Waals surface area contributed by atoms with Gasteiger partial charge in [-0.05, 0) is 44.5 Å². The average Bonchev–Trinajstić information content (AvgIpc) is 3.46. The topological polar surface area (TPSA) is 141 Å². The molecule has 9 rings (SSSR count). The summed E-state index contributed by atoms with van der Waals surface area (Å²) in [5.41, 5.74) is 17.1. The van der Waals surface area contributed by atoms with E-state index in [9.17, 15) is 5.53 Å². The van der Waals surface area contributed by atoms with Crippen LogP contribution in [0.15, 0.2) is 217 Å². The molecule has 0 N–H and O–H groups in total. The van der Waals surface area contributed by atoms with E-state index >= 15 is 0 Å². The average molecular weight is 998 g/mol. The van der Waals surface area contributed by atoms with Crippen molar-refractivity contribution in [2.45, 2.75) is 108 Å². The van der Waals surface area contributed by atoms with E-state index in [4.69, 9.17) is 47.4 Å². The van der Waals surface area contributed by atoms with Crippen LogP contribution in [0.25, 0.3) is 10.4 Å². The van der Waals surface area contributed by atoms with Crippen LogP contribution in [0.4, 0.5) is 0 Å². The van der Waals surface area contributed by atoms with Gasteiger partial charge in [-0.25, -0.2) is 0 Å². The summed E-state index contributed by atoms with van der Waals surface area (Å²) in [4.78, 5) is 3.39. The van der Waals surface area contributed by atoms with Gasteiger partial charge in [0.1, 0.15) is 48.8 Å². The second kappa shape index (κ2) is 28.2. The molecule has 0 aromatic heterocycles. The van der Waals surface area contributed by atoms with E-state index in [0.29, 0.717) is 13.2 Å². The van der Waals surface area contributed by atoms with Crippen LogP contribution >= 0.6 is 0 Å². The van der Waals surface area contributed by atoms with E-state index < -0.39 is 61.3 Å². The van der Waals surface area contributed by atoms with Crippen molar-refractivity contribution >= 4 is 0 Å². The van der Waals surface area contributed by atoms with E-state index in [-0.39, 0.29) is 46.2 Å². The van der Waals surface area contributed by atoms with Crippen molar-refractivity contribution in [1.29, 1.82) is 0 Å². The minimum absolute atomic E-state index is 0.0784. The summed E-state index contributed by atoms with van der Waals surface area (Å²) in [5, 5.41) is 4.42. The fourth-order valence-electron chi connectivity index (χ4n) is 9.10. The van der Waals surface area contributed by atoms with Crippen LogP contribution in [0.2, 0.25) is 0 Å². The maximum Gasteiger partial charge on any atom is 0.187 e. The normalized spacial score (nSPS) is 23.7. The third-order valence-corrected chi connectivity index (χ3v) is 12.9. The smallest absolute Gasteiger partial charge is 0.187 e. The molecular formula is C61H63N3O10. The number of rotatable bonds is 26.